The van der Waals surface area contributed by atoms with Gasteiger partial charge in [-0.05, 0) is 24.1 Å². The Morgan fingerprint density at radius 2 is 2.06 bits per heavy atom. The maximum Gasteiger partial charge on any atom is 0.237 e. The number of hydrogen-bond acceptors (Lipinski definition) is 5. The van der Waals surface area contributed by atoms with E-state index in [9.17, 15) is 0 Å². The molecule has 0 atom stereocenters. The number of hydrogen-bond donors (Lipinski definition) is 1. The molecule has 0 unspecified atom stereocenters. The fourth-order valence-electron chi connectivity index (χ4n) is 1.54. The lowest BCUT2D eigenvalue weighted by Crippen LogP contribution is -1.94. The highest BCUT2D eigenvalue weighted by molar-refractivity contribution is 7.98. The van der Waals surface area contributed by atoms with Gasteiger partial charge in [0.05, 0.1) is 5.75 Å². The molecule has 2 N–H and O–H groups in total. The smallest absolute Gasteiger partial charge is 0.237 e. The highest BCUT2D eigenvalue weighted by Crippen LogP contribution is 2.22. The molecule has 0 radical (unpaired) electrons. The van der Waals surface area contributed by atoms with E-state index >= 15 is 0 Å². The molecule has 0 fully saturated rings. The van der Waals surface area contributed by atoms with Crippen LogP contribution in [0.3, 0.4) is 0 Å². The summed E-state index contributed by atoms with van der Waals surface area (Å²) in [6.45, 7) is 2.68. The number of thioether (sulfide) groups is 1. The van der Waals surface area contributed by atoms with Gasteiger partial charge in [0.15, 0.2) is 5.82 Å². The molecule has 0 aliphatic rings. The van der Waals surface area contributed by atoms with Crippen molar-refractivity contribution in [3.05, 3.63) is 41.5 Å². The number of aryl methyl sites for hydroxylation is 1. The van der Waals surface area contributed by atoms with Crippen molar-refractivity contribution in [2.45, 2.75) is 37.0 Å². The molecular weight excluding hydrogens is 246 g/mol. The van der Waals surface area contributed by atoms with Gasteiger partial charge < -0.3 is 10.3 Å². The van der Waals surface area contributed by atoms with Crippen LogP contribution in [0, 0.1) is 0 Å². The standard InChI is InChI=1S/C13H17N3OS/c1-2-3-12-15-13(17-16-12)9-18-11-6-4-10(8-14)5-7-11/h4-7H,2-3,8-9,14H2,1H3. The summed E-state index contributed by atoms with van der Waals surface area (Å²) < 4.78 is 5.18. The van der Waals surface area contributed by atoms with Crippen molar-refractivity contribution in [2.75, 3.05) is 0 Å². The van der Waals surface area contributed by atoms with Crippen LogP contribution in [0.25, 0.3) is 0 Å². The maximum atomic E-state index is 5.56. The van der Waals surface area contributed by atoms with E-state index in [1.54, 1.807) is 11.8 Å². The molecule has 0 aliphatic carbocycles. The average Bonchev–Trinajstić information content (AvgIpc) is 2.85. The second-order valence-corrected chi connectivity index (χ2v) is 5.04. The van der Waals surface area contributed by atoms with Crippen LogP contribution in [-0.2, 0) is 18.7 Å². The predicted octanol–water partition coefficient (Wildman–Crippen LogP) is 2.77. The lowest BCUT2D eigenvalue weighted by molar-refractivity contribution is 0.384. The summed E-state index contributed by atoms with van der Waals surface area (Å²) in [4.78, 5) is 5.51. The Hall–Kier alpha value is -1.33. The van der Waals surface area contributed by atoms with Gasteiger partial charge in [-0.2, -0.15) is 4.98 Å². The van der Waals surface area contributed by atoms with E-state index in [1.807, 2.05) is 12.1 Å². The first-order valence-corrected chi connectivity index (χ1v) is 7.03. The number of benzene rings is 1. The van der Waals surface area contributed by atoms with Crippen LogP contribution in [0.2, 0.25) is 0 Å². The lowest BCUT2D eigenvalue weighted by Gasteiger charge is -2.00. The molecule has 0 saturated carbocycles. The first-order valence-electron chi connectivity index (χ1n) is 6.05. The van der Waals surface area contributed by atoms with Gasteiger partial charge in [0.1, 0.15) is 0 Å². The van der Waals surface area contributed by atoms with Gasteiger partial charge >= 0.3 is 0 Å². The molecule has 4 nitrogen and oxygen atoms in total. The molecular formula is C13H17N3OS. The second kappa shape index (κ2) is 6.56. The minimum absolute atomic E-state index is 0.578. The predicted molar refractivity (Wildman–Crippen MR) is 72.2 cm³/mol. The van der Waals surface area contributed by atoms with Crippen molar-refractivity contribution in [2.24, 2.45) is 5.73 Å². The minimum Gasteiger partial charge on any atom is -0.338 e. The Morgan fingerprint density at radius 3 is 2.72 bits per heavy atom. The first-order chi connectivity index (χ1) is 8.81. The van der Waals surface area contributed by atoms with Crippen LogP contribution in [0.5, 0.6) is 0 Å². The van der Waals surface area contributed by atoms with Gasteiger partial charge in [-0.3, -0.25) is 0 Å². The molecule has 1 heterocycles. The molecule has 18 heavy (non-hydrogen) atoms. The largest absolute Gasteiger partial charge is 0.338 e. The van der Waals surface area contributed by atoms with E-state index in [2.05, 4.69) is 29.2 Å². The van der Waals surface area contributed by atoms with E-state index in [4.69, 9.17) is 10.3 Å². The molecule has 2 rings (SSSR count). The van der Waals surface area contributed by atoms with E-state index in [1.165, 1.54) is 4.90 Å². The molecule has 0 bridgehead atoms. The molecule has 1 aromatic heterocycles. The Kier molecular flexibility index (Phi) is 4.78. The first kappa shape index (κ1) is 13.1. The molecule has 96 valence electrons. The Labute approximate surface area is 111 Å². The number of nitrogens with zero attached hydrogens (tertiary/aromatic N) is 2. The summed E-state index contributed by atoms with van der Waals surface area (Å²) in [5.74, 6) is 2.19. The van der Waals surface area contributed by atoms with E-state index in [0.29, 0.717) is 18.2 Å². The quantitative estimate of drug-likeness (QED) is 0.812. The van der Waals surface area contributed by atoms with Crippen LogP contribution in [-0.4, -0.2) is 10.1 Å². The van der Waals surface area contributed by atoms with Gasteiger partial charge in [0, 0.05) is 17.9 Å². The third-order valence-electron chi connectivity index (χ3n) is 2.51. The summed E-state index contributed by atoms with van der Waals surface area (Å²) in [6, 6.07) is 8.21. The lowest BCUT2D eigenvalue weighted by atomic mass is 10.2. The second-order valence-electron chi connectivity index (χ2n) is 3.99. The summed E-state index contributed by atoms with van der Waals surface area (Å²) in [6.07, 6.45) is 1.91. The van der Waals surface area contributed by atoms with E-state index in [0.717, 1.165) is 24.2 Å². The Balaban J connectivity index is 1.89. The van der Waals surface area contributed by atoms with Gasteiger partial charge in [0.25, 0.3) is 0 Å². The molecule has 2 aromatic rings. The van der Waals surface area contributed by atoms with E-state index in [-0.39, 0.29) is 0 Å². The summed E-state index contributed by atoms with van der Waals surface area (Å²) in [5.41, 5.74) is 6.70. The monoisotopic (exact) mass is 263 g/mol. The zero-order valence-electron chi connectivity index (χ0n) is 10.4. The van der Waals surface area contributed by atoms with Crippen molar-refractivity contribution >= 4 is 11.8 Å². The molecule has 0 amide bonds. The van der Waals surface area contributed by atoms with Crippen LogP contribution >= 0.6 is 11.8 Å². The highest BCUT2D eigenvalue weighted by Gasteiger charge is 2.05. The molecule has 1 aromatic carbocycles. The van der Waals surface area contributed by atoms with Crippen molar-refractivity contribution in [3.63, 3.8) is 0 Å². The number of aromatic nitrogens is 2. The SMILES string of the molecule is CCCc1noc(CSc2ccc(CN)cc2)n1. The summed E-state index contributed by atoms with van der Waals surface area (Å²) in [5, 5.41) is 3.93. The van der Waals surface area contributed by atoms with Crippen molar-refractivity contribution in [1.29, 1.82) is 0 Å². The Bertz CT molecular complexity index is 481. The Morgan fingerprint density at radius 1 is 1.28 bits per heavy atom. The molecule has 0 saturated heterocycles. The van der Waals surface area contributed by atoms with E-state index < -0.39 is 0 Å². The maximum absolute atomic E-state index is 5.56. The van der Waals surface area contributed by atoms with Gasteiger partial charge in [0.2, 0.25) is 5.89 Å². The number of rotatable bonds is 6. The average molecular weight is 263 g/mol. The molecule has 0 spiro atoms. The molecule has 5 heteroatoms. The zero-order chi connectivity index (χ0) is 12.8. The van der Waals surface area contributed by atoms with Crippen LogP contribution in [0.4, 0.5) is 0 Å². The van der Waals surface area contributed by atoms with Crippen LogP contribution in [0.1, 0.15) is 30.6 Å². The van der Waals surface area contributed by atoms with Crippen LogP contribution < -0.4 is 5.73 Å². The summed E-state index contributed by atoms with van der Waals surface area (Å²) in [7, 11) is 0. The van der Waals surface area contributed by atoms with Gasteiger partial charge in [-0.25, -0.2) is 0 Å². The summed E-state index contributed by atoms with van der Waals surface area (Å²) >= 11 is 1.69. The topological polar surface area (TPSA) is 64.9 Å². The number of nitrogens with two attached hydrogens (primary N) is 1. The van der Waals surface area contributed by atoms with Crippen molar-refractivity contribution in [1.82, 2.24) is 10.1 Å². The minimum atomic E-state index is 0.578. The fourth-order valence-corrected chi connectivity index (χ4v) is 2.28. The fraction of sp³-hybridized carbons (Fsp3) is 0.385. The molecule has 0 aliphatic heterocycles. The normalized spacial score (nSPS) is 10.8. The highest BCUT2D eigenvalue weighted by atomic mass is 32.2. The van der Waals surface area contributed by atoms with Crippen molar-refractivity contribution < 1.29 is 4.52 Å². The third-order valence-corrected chi connectivity index (χ3v) is 3.50. The van der Waals surface area contributed by atoms with Crippen molar-refractivity contribution in [3.8, 4) is 0 Å². The van der Waals surface area contributed by atoms with Crippen LogP contribution in [0.15, 0.2) is 33.7 Å². The van der Waals surface area contributed by atoms with Gasteiger partial charge in [-0.1, -0.05) is 24.2 Å². The third kappa shape index (κ3) is 3.58. The van der Waals surface area contributed by atoms with Gasteiger partial charge in [-0.15, -0.1) is 11.8 Å². The zero-order valence-corrected chi connectivity index (χ0v) is 11.2.